The molecule has 2 aromatic rings. The third kappa shape index (κ3) is 3.34. The summed E-state index contributed by atoms with van der Waals surface area (Å²) >= 11 is 6.60. The van der Waals surface area contributed by atoms with Gasteiger partial charge in [0.1, 0.15) is 4.34 Å². The minimum Gasteiger partial charge on any atom is -0.221 e. The Bertz CT molecular complexity index is 884. The lowest BCUT2D eigenvalue weighted by Crippen LogP contribution is -2.07. The van der Waals surface area contributed by atoms with Crippen LogP contribution in [0.3, 0.4) is 0 Å². The highest BCUT2D eigenvalue weighted by molar-refractivity contribution is 7.94. The highest BCUT2D eigenvalue weighted by Gasteiger charge is 2.29. The van der Waals surface area contributed by atoms with E-state index in [1.165, 1.54) is 12.1 Å². The van der Waals surface area contributed by atoms with Gasteiger partial charge in [-0.1, -0.05) is 47.6 Å². The van der Waals surface area contributed by atoms with Gasteiger partial charge in [-0.25, -0.2) is 21.8 Å². The summed E-state index contributed by atoms with van der Waals surface area (Å²) in [5.41, 5.74) is 0.912. The molecule has 0 aliphatic rings. The summed E-state index contributed by atoms with van der Waals surface area (Å²) in [6.45, 7) is 3.55. The first-order valence-corrected chi connectivity index (χ1v) is 10.7. The van der Waals surface area contributed by atoms with Crippen LogP contribution in [0, 0.1) is 6.92 Å². The van der Waals surface area contributed by atoms with Crippen LogP contribution < -0.4 is 0 Å². The van der Waals surface area contributed by atoms with Crippen molar-refractivity contribution in [3.63, 3.8) is 0 Å². The molecule has 0 fully saturated rings. The Morgan fingerprint density at radius 3 is 2.27 bits per heavy atom. The fraction of sp³-hybridized carbons (Fsp3) is 0.308. The molecule has 9 heteroatoms. The maximum atomic E-state index is 12.5. The monoisotopic (exact) mass is 379 g/mol. The number of nitrogens with zero attached hydrogens (tertiary/aromatic N) is 1. The second-order valence-electron chi connectivity index (χ2n) is 4.69. The van der Waals surface area contributed by atoms with Crippen LogP contribution in [0.5, 0.6) is 0 Å². The lowest BCUT2D eigenvalue weighted by molar-refractivity contribution is 0.589. The van der Waals surface area contributed by atoms with Crippen LogP contribution in [0.15, 0.2) is 38.5 Å². The number of hydrogen-bond acceptors (Lipinski definition) is 6. The van der Waals surface area contributed by atoms with Gasteiger partial charge in [-0.2, -0.15) is 0 Å². The van der Waals surface area contributed by atoms with E-state index in [0.29, 0.717) is 17.8 Å². The maximum Gasteiger partial charge on any atom is 0.226 e. The predicted molar refractivity (Wildman–Crippen MR) is 86.1 cm³/mol. The zero-order valence-electron chi connectivity index (χ0n) is 11.9. The molecule has 0 amide bonds. The second kappa shape index (κ2) is 6.27. The molecule has 0 unspecified atom stereocenters. The van der Waals surface area contributed by atoms with Gasteiger partial charge in [0.15, 0.2) is 5.03 Å². The number of thiazole rings is 1. The Labute approximate surface area is 138 Å². The van der Waals surface area contributed by atoms with Crippen LogP contribution in [0.1, 0.15) is 18.9 Å². The van der Waals surface area contributed by atoms with Gasteiger partial charge in [0.25, 0.3) is 0 Å². The molecule has 0 saturated carbocycles. The molecule has 0 saturated heterocycles. The molecule has 0 aliphatic carbocycles. The highest BCUT2D eigenvalue weighted by Crippen LogP contribution is 2.34. The number of aromatic nitrogens is 1. The van der Waals surface area contributed by atoms with E-state index >= 15 is 0 Å². The number of sulfone groups is 2. The average Bonchev–Trinajstić information content (AvgIpc) is 2.83. The van der Waals surface area contributed by atoms with Crippen LogP contribution in [0.2, 0.25) is 4.34 Å². The van der Waals surface area contributed by atoms with Gasteiger partial charge in [-0.05, 0) is 25.5 Å². The first-order chi connectivity index (χ1) is 10.2. The Balaban J connectivity index is 2.54. The molecule has 0 spiro atoms. The fourth-order valence-corrected chi connectivity index (χ4v) is 6.54. The van der Waals surface area contributed by atoms with Gasteiger partial charge in [0.05, 0.1) is 10.6 Å². The van der Waals surface area contributed by atoms with E-state index in [9.17, 15) is 16.8 Å². The van der Waals surface area contributed by atoms with Crippen LogP contribution in [0.4, 0.5) is 0 Å². The quantitative estimate of drug-likeness (QED) is 0.797. The highest BCUT2D eigenvalue weighted by atomic mass is 35.5. The van der Waals surface area contributed by atoms with Gasteiger partial charge >= 0.3 is 0 Å². The van der Waals surface area contributed by atoms with Crippen molar-refractivity contribution in [1.29, 1.82) is 0 Å². The van der Waals surface area contributed by atoms with E-state index in [1.54, 1.807) is 19.1 Å². The molecule has 0 bridgehead atoms. The Morgan fingerprint density at radius 2 is 1.73 bits per heavy atom. The molecular weight excluding hydrogens is 366 g/mol. The molecule has 1 aromatic carbocycles. The molecule has 1 heterocycles. The van der Waals surface area contributed by atoms with Crippen LogP contribution >= 0.6 is 22.9 Å². The maximum absolute atomic E-state index is 12.5. The van der Waals surface area contributed by atoms with Crippen molar-refractivity contribution in [2.24, 2.45) is 0 Å². The van der Waals surface area contributed by atoms with Crippen molar-refractivity contribution in [1.82, 2.24) is 4.98 Å². The molecule has 0 aliphatic heterocycles. The summed E-state index contributed by atoms with van der Waals surface area (Å²) in [4.78, 5) is 3.81. The van der Waals surface area contributed by atoms with E-state index in [-0.39, 0.29) is 19.3 Å². The Hall–Kier alpha value is -0.960. The number of benzene rings is 1. The third-order valence-electron chi connectivity index (χ3n) is 2.86. The van der Waals surface area contributed by atoms with Gasteiger partial charge in [0.2, 0.25) is 24.0 Å². The van der Waals surface area contributed by atoms with Crippen LogP contribution in [0.25, 0.3) is 0 Å². The lowest BCUT2D eigenvalue weighted by atomic mass is 10.2. The molecule has 0 atom stereocenters. The predicted octanol–water partition coefficient (Wildman–Crippen LogP) is 3.12. The van der Waals surface area contributed by atoms with Crippen molar-refractivity contribution < 1.29 is 16.8 Å². The molecule has 120 valence electrons. The number of aryl methyl sites for hydroxylation is 1. The standard InChI is InChI=1S/C13H14ClNO4S3/c1-3-8-21(16,17)13-15-12(11(14)20-13)22(18,19)10-6-4-9(2)5-7-10/h4-7H,3,8H2,1-2H3. The summed E-state index contributed by atoms with van der Waals surface area (Å²) in [6, 6.07) is 6.20. The second-order valence-corrected chi connectivity index (χ2v) is 10.4. The molecule has 0 radical (unpaired) electrons. The van der Waals surface area contributed by atoms with Crippen LogP contribution in [-0.4, -0.2) is 27.6 Å². The first kappa shape index (κ1) is 17.4. The van der Waals surface area contributed by atoms with Gasteiger partial charge in [-0.3, -0.25) is 0 Å². The van der Waals surface area contributed by atoms with Gasteiger partial charge in [0, 0.05) is 0 Å². The lowest BCUT2D eigenvalue weighted by Gasteiger charge is -2.02. The van der Waals surface area contributed by atoms with Gasteiger partial charge < -0.3 is 0 Å². The topological polar surface area (TPSA) is 81.2 Å². The molecule has 5 nitrogen and oxygen atoms in total. The van der Waals surface area contributed by atoms with Gasteiger partial charge in [-0.15, -0.1) is 0 Å². The molecule has 22 heavy (non-hydrogen) atoms. The summed E-state index contributed by atoms with van der Waals surface area (Å²) in [7, 11) is -7.54. The van der Waals surface area contributed by atoms with E-state index < -0.39 is 24.7 Å². The zero-order valence-corrected chi connectivity index (χ0v) is 15.1. The third-order valence-corrected chi connectivity index (χ3v) is 8.43. The minimum absolute atomic E-state index is 0.0322. The normalized spacial score (nSPS) is 12.5. The van der Waals surface area contributed by atoms with Crippen molar-refractivity contribution in [3.8, 4) is 0 Å². The molecule has 2 rings (SSSR count). The van der Waals surface area contributed by atoms with Crippen molar-refractivity contribution in [3.05, 3.63) is 34.2 Å². The number of halogens is 1. The van der Waals surface area contributed by atoms with Crippen molar-refractivity contribution >= 4 is 42.6 Å². The summed E-state index contributed by atoms with van der Waals surface area (Å²) in [5.74, 6) is -0.0964. The number of hydrogen-bond donors (Lipinski definition) is 0. The summed E-state index contributed by atoms with van der Waals surface area (Å²) in [6.07, 6.45) is 0.416. The van der Waals surface area contributed by atoms with Crippen molar-refractivity contribution in [2.75, 3.05) is 5.75 Å². The molecular formula is C13H14ClNO4S3. The molecule has 0 N–H and O–H groups in total. The van der Waals surface area contributed by atoms with E-state index in [4.69, 9.17) is 11.6 Å². The average molecular weight is 380 g/mol. The SMILES string of the molecule is CCCS(=O)(=O)c1nc(S(=O)(=O)c2ccc(C)cc2)c(Cl)s1. The smallest absolute Gasteiger partial charge is 0.221 e. The van der Waals surface area contributed by atoms with Crippen LogP contribution in [-0.2, 0) is 19.7 Å². The minimum atomic E-state index is -3.94. The summed E-state index contributed by atoms with van der Waals surface area (Å²) < 4.78 is 48.7. The first-order valence-electron chi connectivity index (χ1n) is 6.39. The molecule has 1 aromatic heterocycles. The Kier molecular flexibility index (Phi) is 4.96. The van der Waals surface area contributed by atoms with E-state index in [0.717, 1.165) is 5.56 Å². The summed E-state index contributed by atoms with van der Waals surface area (Å²) in [5, 5.41) is -0.405. The van der Waals surface area contributed by atoms with Crippen molar-refractivity contribution in [2.45, 2.75) is 34.5 Å². The fourth-order valence-electron chi connectivity index (χ4n) is 1.75. The van der Waals surface area contributed by atoms with E-state index in [2.05, 4.69) is 4.98 Å². The zero-order chi connectivity index (χ0) is 16.5. The Morgan fingerprint density at radius 1 is 1.14 bits per heavy atom. The number of rotatable bonds is 5. The largest absolute Gasteiger partial charge is 0.226 e. The van der Waals surface area contributed by atoms with E-state index in [1.807, 2.05) is 6.92 Å².